The van der Waals surface area contributed by atoms with Gasteiger partial charge in [-0.05, 0) is 12.1 Å². The number of hydrogen-bond donors (Lipinski definition) is 2. The van der Waals surface area contributed by atoms with Crippen molar-refractivity contribution in [1.29, 1.82) is 0 Å². The first kappa shape index (κ1) is 17.0. The number of halogens is 3. The summed E-state index contributed by atoms with van der Waals surface area (Å²) in [6.45, 7) is 0.586. The lowest BCUT2D eigenvalue weighted by atomic mass is 10.1. The van der Waals surface area contributed by atoms with E-state index in [1.807, 2.05) is 0 Å². The normalized spacial score (nSPS) is 18.3. The Morgan fingerprint density at radius 3 is 2.65 bits per heavy atom. The number of ether oxygens (including phenoxy) is 2. The topological polar surface area (TPSA) is 103 Å². The number of nitro groups is 1. The Bertz CT molecular complexity index is 602. The summed E-state index contributed by atoms with van der Waals surface area (Å²) in [5.74, 6) is -0.654. The fourth-order valence-electron chi connectivity index (χ4n) is 1.81. The number of hydrogen-bond acceptors (Lipinski definition) is 6. The SMILES string of the molecule is O=C(NNc1ccc(C(F)(F)F)cc1[N+](=O)[O-])C1COCCO1. The fourth-order valence-corrected chi connectivity index (χ4v) is 1.81. The number of alkyl halides is 3. The summed E-state index contributed by atoms with van der Waals surface area (Å²) in [5.41, 5.74) is 2.10. The highest BCUT2D eigenvalue weighted by Crippen LogP contribution is 2.34. The van der Waals surface area contributed by atoms with E-state index in [0.29, 0.717) is 18.7 Å². The molecule has 23 heavy (non-hydrogen) atoms. The van der Waals surface area contributed by atoms with Gasteiger partial charge in [-0.25, -0.2) is 0 Å². The van der Waals surface area contributed by atoms with Crippen molar-refractivity contribution in [2.24, 2.45) is 0 Å². The molecule has 8 nitrogen and oxygen atoms in total. The molecule has 11 heteroatoms. The molecule has 1 aromatic carbocycles. The number of anilines is 1. The Labute approximate surface area is 127 Å². The molecule has 0 spiro atoms. The Kier molecular flexibility index (Phi) is 5.01. The first-order valence-corrected chi connectivity index (χ1v) is 6.40. The van der Waals surface area contributed by atoms with E-state index in [0.717, 1.165) is 6.07 Å². The van der Waals surface area contributed by atoms with Crippen molar-refractivity contribution in [3.63, 3.8) is 0 Å². The molecular formula is C12H12F3N3O5. The van der Waals surface area contributed by atoms with Gasteiger partial charge in [0.15, 0.2) is 6.10 Å². The van der Waals surface area contributed by atoms with Crippen LogP contribution in [0.5, 0.6) is 0 Å². The second-order valence-corrected chi connectivity index (χ2v) is 4.54. The van der Waals surface area contributed by atoms with E-state index in [1.54, 1.807) is 0 Å². The standard InChI is InChI=1S/C12H12F3N3O5/c13-12(14,15)7-1-2-8(9(5-7)18(20)21)16-17-11(19)10-6-22-3-4-23-10/h1-2,5,10,16H,3-4,6H2,(H,17,19). The van der Waals surface area contributed by atoms with E-state index < -0.39 is 34.4 Å². The van der Waals surface area contributed by atoms with Crippen molar-refractivity contribution in [3.05, 3.63) is 33.9 Å². The average Bonchev–Trinajstić information content (AvgIpc) is 2.52. The van der Waals surface area contributed by atoms with Gasteiger partial charge in [0.2, 0.25) is 0 Å². The highest BCUT2D eigenvalue weighted by Gasteiger charge is 2.33. The molecule has 1 fully saturated rings. The Balaban J connectivity index is 2.09. The van der Waals surface area contributed by atoms with Gasteiger partial charge < -0.3 is 9.47 Å². The van der Waals surface area contributed by atoms with Crippen LogP contribution in [0.15, 0.2) is 18.2 Å². The highest BCUT2D eigenvalue weighted by molar-refractivity contribution is 5.82. The Hall–Kier alpha value is -2.40. The summed E-state index contributed by atoms with van der Waals surface area (Å²) in [6, 6.07) is 1.91. The summed E-state index contributed by atoms with van der Waals surface area (Å²) < 4.78 is 47.9. The summed E-state index contributed by atoms with van der Waals surface area (Å²) in [7, 11) is 0. The minimum Gasteiger partial charge on any atom is -0.376 e. The maximum Gasteiger partial charge on any atom is 0.416 e. The Morgan fingerprint density at radius 1 is 1.35 bits per heavy atom. The third-order valence-electron chi connectivity index (χ3n) is 2.95. The largest absolute Gasteiger partial charge is 0.416 e. The van der Waals surface area contributed by atoms with Crippen LogP contribution in [0.4, 0.5) is 24.5 Å². The zero-order valence-corrected chi connectivity index (χ0v) is 11.6. The van der Waals surface area contributed by atoms with Gasteiger partial charge in [-0.15, -0.1) is 0 Å². The lowest BCUT2D eigenvalue weighted by Crippen LogP contribution is -2.44. The van der Waals surface area contributed by atoms with Crippen LogP contribution in [0.1, 0.15) is 5.56 Å². The zero-order chi connectivity index (χ0) is 17.0. The van der Waals surface area contributed by atoms with Crippen molar-refractivity contribution in [1.82, 2.24) is 5.43 Å². The van der Waals surface area contributed by atoms with Gasteiger partial charge in [0, 0.05) is 6.07 Å². The first-order valence-electron chi connectivity index (χ1n) is 6.40. The van der Waals surface area contributed by atoms with E-state index >= 15 is 0 Å². The third-order valence-corrected chi connectivity index (χ3v) is 2.95. The molecule has 126 valence electrons. The molecule has 2 rings (SSSR count). The molecule has 0 radical (unpaired) electrons. The molecule has 1 heterocycles. The molecule has 1 amide bonds. The molecule has 1 unspecified atom stereocenters. The third kappa shape index (κ3) is 4.29. The Morgan fingerprint density at radius 2 is 2.09 bits per heavy atom. The van der Waals surface area contributed by atoms with Gasteiger partial charge in [0.05, 0.1) is 30.3 Å². The lowest BCUT2D eigenvalue weighted by molar-refractivity contribution is -0.384. The van der Waals surface area contributed by atoms with E-state index in [9.17, 15) is 28.1 Å². The van der Waals surface area contributed by atoms with E-state index in [1.165, 1.54) is 0 Å². The number of nitrogens with zero attached hydrogens (tertiary/aromatic N) is 1. The summed E-state index contributed by atoms with van der Waals surface area (Å²) >= 11 is 0. The molecule has 1 aliphatic rings. The molecule has 2 N–H and O–H groups in total. The predicted molar refractivity (Wildman–Crippen MR) is 70.4 cm³/mol. The van der Waals surface area contributed by atoms with Crippen LogP contribution in [0, 0.1) is 10.1 Å². The molecule has 1 saturated heterocycles. The van der Waals surface area contributed by atoms with Gasteiger partial charge in [-0.2, -0.15) is 13.2 Å². The molecule has 0 aromatic heterocycles. The van der Waals surface area contributed by atoms with Crippen LogP contribution in [0.25, 0.3) is 0 Å². The van der Waals surface area contributed by atoms with Crippen LogP contribution in [-0.2, 0) is 20.4 Å². The van der Waals surface area contributed by atoms with Crippen LogP contribution in [0.2, 0.25) is 0 Å². The summed E-state index contributed by atoms with van der Waals surface area (Å²) in [4.78, 5) is 21.7. The van der Waals surface area contributed by atoms with Crippen LogP contribution in [-0.4, -0.2) is 36.8 Å². The van der Waals surface area contributed by atoms with E-state index in [-0.39, 0.29) is 18.9 Å². The number of nitro benzene ring substituents is 1. The number of hydrazine groups is 1. The molecule has 0 aliphatic carbocycles. The number of rotatable bonds is 4. The maximum atomic E-state index is 12.6. The number of nitrogens with one attached hydrogen (secondary N) is 2. The maximum absolute atomic E-state index is 12.6. The fraction of sp³-hybridized carbons (Fsp3) is 0.417. The molecule has 0 bridgehead atoms. The molecular weight excluding hydrogens is 323 g/mol. The number of amides is 1. The number of carbonyl (C=O) groups is 1. The smallest absolute Gasteiger partial charge is 0.376 e. The summed E-state index contributed by atoms with van der Waals surface area (Å²) in [5, 5.41) is 10.9. The first-order chi connectivity index (χ1) is 10.8. The predicted octanol–water partition coefficient (Wildman–Crippen LogP) is 1.47. The minimum atomic E-state index is -4.71. The lowest BCUT2D eigenvalue weighted by Gasteiger charge is -2.22. The monoisotopic (exact) mass is 335 g/mol. The van der Waals surface area contributed by atoms with E-state index in [2.05, 4.69) is 10.9 Å². The van der Waals surface area contributed by atoms with Gasteiger partial charge in [0.25, 0.3) is 11.6 Å². The van der Waals surface area contributed by atoms with Gasteiger partial charge in [-0.3, -0.25) is 25.8 Å². The second kappa shape index (κ2) is 6.79. The number of benzene rings is 1. The minimum absolute atomic E-state index is 0.0165. The van der Waals surface area contributed by atoms with Crippen molar-refractivity contribution in [2.45, 2.75) is 12.3 Å². The molecule has 1 aliphatic heterocycles. The van der Waals surface area contributed by atoms with Crippen molar-refractivity contribution < 1.29 is 32.4 Å². The van der Waals surface area contributed by atoms with Crippen LogP contribution < -0.4 is 10.9 Å². The summed E-state index contributed by atoms with van der Waals surface area (Å²) in [6.07, 6.45) is -5.61. The van der Waals surface area contributed by atoms with Crippen molar-refractivity contribution >= 4 is 17.3 Å². The second-order valence-electron chi connectivity index (χ2n) is 4.54. The molecule has 1 atom stereocenters. The van der Waals surface area contributed by atoms with Crippen LogP contribution >= 0.6 is 0 Å². The van der Waals surface area contributed by atoms with Crippen molar-refractivity contribution in [2.75, 3.05) is 25.2 Å². The van der Waals surface area contributed by atoms with Gasteiger partial charge in [-0.1, -0.05) is 0 Å². The van der Waals surface area contributed by atoms with Gasteiger partial charge in [0.1, 0.15) is 5.69 Å². The number of carbonyl (C=O) groups excluding carboxylic acids is 1. The molecule has 0 saturated carbocycles. The zero-order valence-electron chi connectivity index (χ0n) is 11.6. The van der Waals surface area contributed by atoms with E-state index in [4.69, 9.17) is 9.47 Å². The highest BCUT2D eigenvalue weighted by atomic mass is 19.4. The van der Waals surface area contributed by atoms with Crippen molar-refractivity contribution in [3.8, 4) is 0 Å². The molecule has 1 aromatic rings. The average molecular weight is 335 g/mol. The quantitative estimate of drug-likeness (QED) is 0.638. The van der Waals surface area contributed by atoms with Crippen LogP contribution in [0.3, 0.4) is 0 Å². The van der Waals surface area contributed by atoms with Gasteiger partial charge >= 0.3 is 6.18 Å².